The van der Waals surface area contributed by atoms with E-state index in [1.54, 1.807) is 6.07 Å². The molecule has 1 aromatic heterocycles. The second-order valence-corrected chi connectivity index (χ2v) is 3.55. The fourth-order valence-corrected chi connectivity index (χ4v) is 1.25. The van der Waals surface area contributed by atoms with Crippen LogP contribution in [0, 0.1) is 10.1 Å². The third kappa shape index (κ3) is 5.26. The highest BCUT2D eigenvalue weighted by atomic mass is 16.6. The molecule has 0 unspecified atom stereocenters. The van der Waals surface area contributed by atoms with Crippen molar-refractivity contribution in [2.24, 2.45) is 0 Å². The Hall–Kier alpha value is -1.69. The van der Waals surface area contributed by atoms with Crippen LogP contribution >= 0.6 is 0 Å². The maximum absolute atomic E-state index is 10.4. The minimum atomic E-state index is -0.512. The number of aromatic nitrogens is 1. The summed E-state index contributed by atoms with van der Waals surface area (Å²) in [5.74, 6) is -0.137. The highest BCUT2D eigenvalue weighted by molar-refractivity contribution is 5.43. The lowest BCUT2D eigenvalue weighted by Crippen LogP contribution is -2.06. The minimum Gasteiger partial charge on any atom is -0.382 e. The molecule has 0 aliphatic heterocycles. The van der Waals surface area contributed by atoms with Crippen molar-refractivity contribution in [1.82, 2.24) is 4.98 Å². The molecule has 0 bridgehead atoms. The third-order valence-electron chi connectivity index (χ3n) is 2.08. The van der Waals surface area contributed by atoms with E-state index in [0.717, 1.165) is 38.3 Å². The molecule has 0 spiro atoms. The summed E-state index contributed by atoms with van der Waals surface area (Å²) in [6.45, 7) is 4.35. The van der Waals surface area contributed by atoms with Gasteiger partial charge in [-0.25, -0.2) is 0 Å². The first-order valence-electron chi connectivity index (χ1n) is 5.66. The van der Waals surface area contributed by atoms with Crippen LogP contribution in [0.3, 0.4) is 0 Å². The van der Waals surface area contributed by atoms with Gasteiger partial charge >= 0.3 is 5.82 Å². The number of nitrogens with one attached hydrogen (secondary N) is 1. The molecule has 0 saturated heterocycles. The molecule has 1 rings (SSSR count). The average molecular weight is 239 g/mol. The van der Waals surface area contributed by atoms with E-state index in [2.05, 4.69) is 17.2 Å². The molecule has 0 radical (unpaired) electrons. The third-order valence-corrected chi connectivity index (χ3v) is 2.08. The number of ether oxygens (including phenoxy) is 1. The highest BCUT2D eigenvalue weighted by Gasteiger charge is 2.05. The zero-order valence-electron chi connectivity index (χ0n) is 9.89. The van der Waals surface area contributed by atoms with Crippen molar-refractivity contribution >= 4 is 11.5 Å². The van der Waals surface area contributed by atoms with E-state index in [-0.39, 0.29) is 5.82 Å². The maximum Gasteiger partial charge on any atom is 0.363 e. The topological polar surface area (TPSA) is 77.3 Å². The number of hydrogen-bond acceptors (Lipinski definition) is 5. The SMILES string of the molecule is CCCOCCCNc1ccc([N+](=O)[O-])nc1. The van der Waals surface area contributed by atoms with Crippen LogP contribution in [0.15, 0.2) is 18.3 Å². The number of nitrogens with zero attached hydrogens (tertiary/aromatic N) is 2. The van der Waals surface area contributed by atoms with E-state index >= 15 is 0 Å². The summed E-state index contributed by atoms with van der Waals surface area (Å²) >= 11 is 0. The summed E-state index contributed by atoms with van der Waals surface area (Å²) in [4.78, 5) is 13.6. The van der Waals surface area contributed by atoms with Crippen molar-refractivity contribution < 1.29 is 9.66 Å². The van der Waals surface area contributed by atoms with Gasteiger partial charge in [-0.15, -0.1) is 0 Å². The molecule has 0 aliphatic rings. The Morgan fingerprint density at radius 1 is 1.47 bits per heavy atom. The van der Waals surface area contributed by atoms with Gasteiger partial charge in [0.05, 0.1) is 5.69 Å². The maximum atomic E-state index is 10.4. The summed E-state index contributed by atoms with van der Waals surface area (Å²) in [7, 11) is 0. The van der Waals surface area contributed by atoms with Gasteiger partial charge in [0.2, 0.25) is 0 Å². The predicted molar refractivity (Wildman–Crippen MR) is 65.1 cm³/mol. The fourth-order valence-electron chi connectivity index (χ4n) is 1.25. The van der Waals surface area contributed by atoms with Crippen molar-refractivity contribution in [3.63, 3.8) is 0 Å². The minimum absolute atomic E-state index is 0.137. The largest absolute Gasteiger partial charge is 0.382 e. The zero-order valence-corrected chi connectivity index (χ0v) is 9.89. The molecule has 0 fully saturated rings. The fraction of sp³-hybridized carbons (Fsp3) is 0.545. The van der Waals surface area contributed by atoms with Crippen LogP contribution in [-0.4, -0.2) is 29.7 Å². The van der Waals surface area contributed by atoms with Gasteiger partial charge in [0.15, 0.2) is 6.20 Å². The van der Waals surface area contributed by atoms with Crippen molar-refractivity contribution in [3.05, 3.63) is 28.4 Å². The van der Waals surface area contributed by atoms with Crippen LogP contribution in [0.25, 0.3) is 0 Å². The summed E-state index contributed by atoms with van der Waals surface area (Å²) in [5, 5.41) is 13.5. The van der Waals surface area contributed by atoms with Gasteiger partial charge in [-0.1, -0.05) is 6.92 Å². The number of pyridine rings is 1. The second kappa shape index (κ2) is 7.56. The molecule has 0 aliphatic carbocycles. The standard InChI is InChI=1S/C11H17N3O3/c1-2-7-17-8-3-6-12-10-4-5-11(13-9-10)14(15)16/h4-5,9,12H,2-3,6-8H2,1H3. The molecule has 1 N–H and O–H groups in total. The Labute approximate surface area is 100 Å². The van der Waals surface area contributed by atoms with Crippen LogP contribution in [0.1, 0.15) is 19.8 Å². The first-order valence-corrected chi connectivity index (χ1v) is 5.66. The molecular formula is C11H17N3O3. The van der Waals surface area contributed by atoms with Crippen molar-refractivity contribution in [2.75, 3.05) is 25.1 Å². The van der Waals surface area contributed by atoms with Gasteiger partial charge in [0.25, 0.3) is 0 Å². The number of anilines is 1. The van der Waals surface area contributed by atoms with Crippen LogP contribution in [0.2, 0.25) is 0 Å². The van der Waals surface area contributed by atoms with Crippen molar-refractivity contribution in [2.45, 2.75) is 19.8 Å². The van der Waals surface area contributed by atoms with E-state index in [1.807, 2.05) is 0 Å². The molecule has 6 nitrogen and oxygen atoms in total. The van der Waals surface area contributed by atoms with Crippen LogP contribution in [0.5, 0.6) is 0 Å². The Morgan fingerprint density at radius 3 is 2.88 bits per heavy atom. The van der Waals surface area contributed by atoms with Gasteiger partial charge in [-0.2, -0.15) is 0 Å². The smallest absolute Gasteiger partial charge is 0.363 e. The van der Waals surface area contributed by atoms with E-state index in [4.69, 9.17) is 4.74 Å². The van der Waals surface area contributed by atoms with E-state index < -0.39 is 4.92 Å². The molecule has 6 heteroatoms. The molecule has 0 saturated carbocycles. The normalized spacial score (nSPS) is 10.2. The average Bonchev–Trinajstić information content (AvgIpc) is 2.34. The molecule has 0 atom stereocenters. The molecular weight excluding hydrogens is 222 g/mol. The summed E-state index contributed by atoms with van der Waals surface area (Å²) in [6.07, 6.45) is 3.39. The lowest BCUT2D eigenvalue weighted by Gasteiger charge is -2.05. The molecule has 17 heavy (non-hydrogen) atoms. The monoisotopic (exact) mass is 239 g/mol. The second-order valence-electron chi connectivity index (χ2n) is 3.55. The first kappa shape index (κ1) is 13.4. The van der Waals surface area contributed by atoms with E-state index in [1.165, 1.54) is 12.3 Å². The van der Waals surface area contributed by atoms with Crippen LogP contribution < -0.4 is 5.32 Å². The first-order chi connectivity index (χ1) is 8.24. The van der Waals surface area contributed by atoms with Gasteiger partial charge in [-0.3, -0.25) is 0 Å². The van der Waals surface area contributed by atoms with E-state index in [9.17, 15) is 10.1 Å². The summed E-state index contributed by atoms with van der Waals surface area (Å²) in [6, 6.07) is 3.04. The van der Waals surface area contributed by atoms with Crippen molar-refractivity contribution in [3.8, 4) is 0 Å². The highest BCUT2D eigenvalue weighted by Crippen LogP contribution is 2.11. The number of hydrogen-bond donors (Lipinski definition) is 1. The zero-order chi connectivity index (χ0) is 12.5. The predicted octanol–water partition coefficient (Wildman–Crippen LogP) is 2.22. The summed E-state index contributed by atoms with van der Waals surface area (Å²) < 4.78 is 5.33. The Bertz CT molecular complexity index is 340. The van der Waals surface area contributed by atoms with Gasteiger partial charge in [0, 0.05) is 25.8 Å². The van der Waals surface area contributed by atoms with Gasteiger partial charge in [0.1, 0.15) is 0 Å². The molecule has 1 aromatic rings. The number of nitro groups is 1. The van der Waals surface area contributed by atoms with Crippen LogP contribution in [-0.2, 0) is 4.74 Å². The molecule has 1 heterocycles. The lowest BCUT2D eigenvalue weighted by molar-refractivity contribution is -0.389. The number of rotatable bonds is 8. The van der Waals surface area contributed by atoms with Crippen molar-refractivity contribution in [1.29, 1.82) is 0 Å². The summed E-state index contributed by atoms with van der Waals surface area (Å²) in [5.41, 5.74) is 0.783. The lowest BCUT2D eigenvalue weighted by atomic mass is 10.3. The van der Waals surface area contributed by atoms with Gasteiger partial charge in [-0.05, 0) is 28.8 Å². The van der Waals surface area contributed by atoms with Gasteiger partial charge < -0.3 is 20.2 Å². The Kier molecular flexibility index (Phi) is 5.95. The quantitative estimate of drug-likeness (QED) is 0.427. The van der Waals surface area contributed by atoms with E-state index in [0.29, 0.717) is 0 Å². The van der Waals surface area contributed by atoms with Crippen LogP contribution in [0.4, 0.5) is 11.5 Å². The molecule has 0 aromatic carbocycles. The Balaban J connectivity index is 2.21. The molecule has 94 valence electrons. The molecule has 0 amide bonds. The Morgan fingerprint density at radius 2 is 2.29 bits per heavy atom.